The second-order valence-corrected chi connectivity index (χ2v) is 2.40. The SMILES string of the molecule is CCOc1cc(NN)ccc1C#N. The second-order valence-electron chi connectivity index (χ2n) is 2.40. The minimum atomic E-state index is 0.515. The molecule has 0 aliphatic heterocycles. The normalized spacial score (nSPS) is 9.00. The van der Waals surface area contributed by atoms with Crippen molar-refractivity contribution in [2.24, 2.45) is 5.84 Å². The Bertz CT molecular complexity index is 330. The average molecular weight is 177 g/mol. The predicted molar refractivity (Wildman–Crippen MR) is 50.1 cm³/mol. The number of benzene rings is 1. The van der Waals surface area contributed by atoms with Crippen LogP contribution in [0.1, 0.15) is 12.5 Å². The van der Waals surface area contributed by atoms with Crippen LogP contribution in [0.5, 0.6) is 5.75 Å². The van der Waals surface area contributed by atoms with Gasteiger partial charge in [0.25, 0.3) is 0 Å². The van der Waals surface area contributed by atoms with Gasteiger partial charge in [0.05, 0.1) is 17.9 Å². The van der Waals surface area contributed by atoms with Crippen molar-refractivity contribution < 1.29 is 4.74 Å². The lowest BCUT2D eigenvalue weighted by molar-refractivity contribution is 0.339. The molecule has 0 unspecified atom stereocenters. The van der Waals surface area contributed by atoms with Gasteiger partial charge in [-0.2, -0.15) is 5.26 Å². The third kappa shape index (κ3) is 2.10. The summed E-state index contributed by atoms with van der Waals surface area (Å²) in [5.41, 5.74) is 3.73. The zero-order chi connectivity index (χ0) is 9.68. The van der Waals surface area contributed by atoms with Crippen molar-refractivity contribution in [1.82, 2.24) is 0 Å². The smallest absolute Gasteiger partial charge is 0.139 e. The Kier molecular flexibility index (Phi) is 3.12. The van der Waals surface area contributed by atoms with Crippen LogP contribution in [-0.4, -0.2) is 6.61 Å². The molecule has 0 aromatic heterocycles. The van der Waals surface area contributed by atoms with Gasteiger partial charge in [-0.3, -0.25) is 5.84 Å². The molecule has 0 heterocycles. The number of anilines is 1. The molecule has 0 amide bonds. The summed E-state index contributed by atoms with van der Waals surface area (Å²) >= 11 is 0. The number of nitrogens with two attached hydrogens (primary N) is 1. The molecule has 0 radical (unpaired) electrons. The zero-order valence-electron chi connectivity index (χ0n) is 7.37. The fraction of sp³-hybridized carbons (Fsp3) is 0.222. The molecule has 0 aliphatic rings. The van der Waals surface area contributed by atoms with Crippen LogP contribution in [-0.2, 0) is 0 Å². The van der Waals surface area contributed by atoms with E-state index in [9.17, 15) is 0 Å². The highest BCUT2D eigenvalue weighted by Crippen LogP contribution is 2.21. The summed E-state index contributed by atoms with van der Waals surface area (Å²) in [6, 6.07) is 7.12. The van der Waals surface area contributed by atoms with E-state index in [1.165, 1.54) is 0 Å². The number of hydrogen-bond acceptors (Lipinski definition) is 4. The van der Waals surface area contributed by atoms with E-state index in [4.69, 9.17) is 15.8 Å². The number of rotatable bonds is 3. The number of ether oxygens (including phenoxy) is 1. The van der Waals surface area contributed by atoms with Crippen LogP contribution in [0.3, 0.4) is 0 Å². The lowest BCUT2D eigenvalue weighted by atomic mass is 10.2. The largest absolute Gasteiger partial charge is 0.492 e. The molecule has 4 heteroatoms. The van der Waals surface area contributed by atoms with Gasteiger partial charge in [0.1, 0.15) is 11.8 Å². The molecule has 0 saturated heterocycles. The fourth-order valence-electron chi connectivity index (χ4n) is 0.979. The molecule has 0 fully saturated rings. The van der Waals surface area contributed by atoms with Crippen LogP contribution in [0.25, 0.3) is 0 Å². The first-order valence-electron chi connectivity index (χ1n) is 3.95. The second kappa shape index (κ2) is 4.33. The standard InChI is InChI=1S/C9H11N3O/c1-2-13-9-5-8(12-11)4-3-7(9)6-10/h3-5,12H,2,11H2,1H3. The summed E-state index contributed by atoms with van der Waals surface area (Å²) in [4.78, 5) is 0. The van der Waals surface area contributed by atoms with Crippen LogP contribution >= 0.6 is 0 Å². The monoisotopic (exact) mass is 177 g/mol. The molecular weight excluding hydrogens is 166 g/mol. The van der Waals surface area contributed by atoms with Gasteiger partial charge in [-0.05, 0) is 19.1 Å². The maximum atomic E-state index is 8.73. The van der Waals surface area contributed by atoms with E-state index >= 15 is 0 Å². The van der Waals surface area contributed by atoms with Crippen molar-refractivity contribution >= 4 is 5.69 Å². The molecule has 0 saturated carbocycles. The van der Waals surface area contributed by atoms with Crippen LogP contribution in [0.2, 0.25) is 0 Å². The molecular formula is C9H11N3O. The summed E-state index contributed by atoms with van der Waals surface area (Å²) < 4.78 is 5.25. The Morgan fingerprint density at radius 2 is 2.38 bits per heavy atom. The van der Waals surface area contributed by atoms with E-state index < -0.39 is 0 Å². The van der Waals surface area contributed by atoms with E-state index in [0.29, 0.717) is 17.9 Å². The molecule has 4 nitrogen and oxygen atoms in total. The Balaban J connectivity index is 3.04. The Hall–Kier alpha value is -1.73. The van der Waals surface area contributed by atoms with E-state index in [2.05, 4.69) is 5.43 Å². The first kappa shape index (κ1) is 9.36. The number of hydrogen-bond donors (Lipinski definition) is 2. The number of nitrogens with zero attached hydrogens (tertiary/aromatic N) is 1. The molecule has 0 bridgehead atoms. The van der Waals surface area contributed by atoms with Gasteiger partial charge in [-0.25, -0.2) is 0 Å². The number of nitrogen functional groups attached to an aromatic ring is 1. The van der Waals surface area contributed by atoms with Gasteiger partial charge >= 0.3 is 0 Å². The maximum absolute atomic E-state index is 8.73. The summed E-state index contributed by atoms with van der Waals surface area (Å²) in [7, 11) is 0. The molecule has 1 aromatic rings. The van der Waals surface area contributed by atoms with Crippen molar-refractivity contribution in [2.75, 3.05) is 12.0 Å². The highest BCUT2D eigenvalue weighted by atomic mass is 16.5. The van der Waals surface area contributed by atoms with E-state index in [0.717, 1.165) is 5.69 Å². The van der Waals surface area contributed by atoms with E-state index in [-0.39, 0.29) is 0 Å². The van der Waals surface area contributed by atoms with Crippen molar-refractivity contribution in [1.29, 1.82) is 5.26 Å². The number of nitriles is 1. The Labute approximate surface area is 76.9 Å². The van der Waals surface area contributed by atoms with E-state index in [1.807, 2.05) is 13.0 Å². The molecule has 0 aliphatic carbocycles. The highest BCUT2D eigenvalue weighted by Gasteiger charge is 2.02. The molecule has 1 rings (SSSR count). The third-order valence-electron chi connectivity index (χ3n) is 1.57. The minimum Gasteiger partial charge on any atom is -0.492 e. The molecule has 68 valence electrons. The Morgan fingerprint density at radius 3 is 2.92 bits per heavy atom. The number of nitrogens with one attached hydrogen (secondary N) is 1. The summed E-state index contributed by atoms with van der Waals surface area (Å²) in [6.07, 6.45) is 0. The van der Waals surface area contributed by atoms with Crippen molar-refractivity contribution in [3.05, 3.63) is 23.8 Å². The van der Waals surface area contributed by atoms with Gasteiger partial charge in [-0.15, -0.1) is 0 Å². The van der Waals surface area contributed by atoms with E-state index in [1.54, 1.807) is 18.2 Å². The van der Waals surface area contributed by atoms with Crippen LogP contribution in [0.4, 0.5) is 5.69 Å². The summed E-state index contributed by atoms with van der Waals surface area (Å²) in [5, 5.41) is 8.73. The molecule has 0 atom stereocenters. The van der Waals surface area contributed by atoms with Gasteiger partial charge in [0.2, 0.25) is 0 Å². The maximum Gasteiger partial charge on any atom is 0.139 e. The molecule has 13 heavy (non-hydrogen) atoms. The fourth-order valence-corrected chi connectivity index (χ4v) is 0.979. The lowest BCUT2D eigenvalue weighted by Crippen LogP contribution is -2.07. The first-order valence-corrected chi connectivity index (χ1v) is 3.95. The van der Waals surface area contributed by atoms with Crippen LogP contribution in [0.15, 0.2) is 18.2 Å². The van der Waals surface area contributed by atoms with Crippen molar-refractivity contribution in [2.45, 2.75) is 6.92 Å². The van der Waals surface area contributed by atoms with Gasteiger partial charge < -0.3 is 10.2 Å². The van der Waals surface area contributed by atoms with Gasteiger partial charge in [-0.1, -0.05) is 0 Å². The predicted octanol–water partition coefficient (Wildman–Crippen LogP) is 1.24. The molecule has 0 spiro atoms. The Morgan fingerprint density at radius 1 is 1.62 bits per heavy atom. The summed E-state index contributed by atoms with van der Waals surface area (Å²) in [5.74, 6) is 5.77. The third-order valence-corrected chi connectivity index (χ3v) is 1.57. The zero-order valence-corrected chi connectivity index (χ0v) is 7.37. The topological polar surface area (TPSA) is 71.1 Å². The van der Waals surface area contributed by atoms with Crippen LogP contribution in [0, 0.1) is 11.3 Å². The van der Waals surface area contributed by atoms with Crippen LogP contribution < -0.4 is 16.0 Å². The molecule has 3 N–H and O–H groups in total. The van der Waals surface area contributed by atoms with Crippen molar-refractivity contribution in [3.63, 3.8) is 0 Å². The quantitative estimate of drug-likeness (QED) is 0.538. The molecule has 1 aromatic carbocycles. The highest BCUT2D eigenvalue weighted by molar-refractivity contribution is 5.54. The van der Waals surface area contributed by atoms with Gasteiger partial charge in [0.15, 0.2) is 0 Å². The minimum absolute atomic E-state index is 0.515. The first-order chi connectivity index (χ1) is 6.31. The number of hydrazine groups is 1. The van der Waals surface area contributed by atoms with Crippen molar-refractivity contribution in [3.8, 4) is 11.8 Å². The lowest BCUT2D eigenvalue weighted by Gasteiger charge is -2.07. The average Bonchev–Trinajstić information content (AvgIpc) is 2.18. The summed E-state index contributed by atoms with van der Waals surface area (Å²) in [6.45, 7) is 2.40. The van der Waals surface area contributed by atoms with Gasteiger partial charge in [0, 0.05) is 6.07 Å².